The Hall–Kier alpha value is -0.940. The standard InChI is InChI=1S/C9H18N4O/c1-3-14-6-4-5-13-8-11-9(12-13)7-10-2/h8,10H,3-7H2,1-2H3. The Morgan fingerprint density at radius 1 is 1.57 bits per heavy atom. The molecule has 0 aromatic carbocycles. The first-order valence-corrected chi connectivity index (χ1v) is 4.97. The third-order valence-electron chi connectivity index (χ3n) is 1.80. The van der Waals surface area contributed by atoms with Crippen LogP contribution in [0.25, 0.3) is 0 Å². The van der Waals surface area contributed by atoms with Gasteiger partial charge in [-0.1, -0.05) is 0 Å². The van der Waals surface area contributed by atoms with Crippen LogP contribution in [-0.4, -0.2) is 35.0 Å². The van der Waals surface area contributed by atoms with Gasteiger partial charge in [0.15, 0.2) is 5.82 Å². The fourth-order valence-electron chi connectivity index (χ4n) is 1.15. The van der Waals surface area contributed by atoms with Crippen molar-refractivity contribution in [1.29, 1.82) is 0 Å². The van der Waals surface area contributed by atoms with Crippen molar-refractivity contribution in [3.63, 3.8) is 0 Å². The van der Waals surface area contributed by atoms with Crippen molar-refractivity contribution in [2.75, 3.05) is 20.3 Å². The number of ether oxygens (including phenoxy) is 1. The summed E-state index contributed by atoms with van der Waals surface area (Å²) in [5, 5.41) is 7.30. The minimum absolute atomic E-state index is 0.721. The van der Waals surface area contributed by atoms with Crippen LogP contribution in [0.1, 0.15) is 19.2 Å². The number of aromatic nitrogens is 3. The second-order valence-corrected chi connectivity index (χ2v) is 3.00. The number of aryl methyl sites for hydroxylation is 1. The van der Waals surface area contributed by atoms with Crippen LogP contribution >= 0.6 is 0 Å². The average molecular weight is 198 g/mol. The van der Waals surface area contributed by atoms with Crippen LogP contribution < -0.4 is 5.32 Å². The molecule has 0 spiro atoms. The van der Waals surface area contributed by atoms with E-state index in [0.717, 1.165) is 38.5 Å². The zero-order chi connectivity index (χ0) is 10.2. The molecule has 0 amide bonds. The van der Waals surface area contributed by atoms with Gasteiger partial charge >= 0.3 is 0 Å². The molecule has 5 heteroatoms. The molecule has 0 aliphatic carbocycles. The summed E-state index contributed by atoms with van der Waals surface area (Å²) in [5.41, 5.74) is 0. The van der Waals surface area contributed by atoms with E-state index in [1.807, 2.05) is 18.7 Å². The Labute approximate surface area is 84.5 Å². The van der Waals surface area contributed by atoms with E-state index in [4.69, 9.17) is 4.74 Å². The number of nitrogens with zero attached hydrogens (tertiary/aromatic N) is 3. The second kappa shape index (κ2) is 6.50. The summed E-state index contributed by atoms with van der Waals surface area (Å²) in [5.74, 6) is 0.837. The Balaban J connectivity index is 2.22. The predicted molar refractivity (Wildman–Crippen MR) is 53.9 cm³/mol. The van der Waals surface area contributed by atoms with E-state index in [1.54, 1.807) is 6.33 Å². The molecule has 0 atom stereocenters. The number of hydrogen-bond donors (Lipinski definition) is 1. The summed E-state index contributed by atoms with van der Waals surface area (Å²) in [7, 11) is 1.88. The van der Waals surface area contributed by atoms with Gasteiger partial charge in [-0.25, -0.2) is 4.98 Å². The minimum Gasteiger partial charge on any atom is -0.382 e. The molecule has 0 aliphatic rings. The molecule has 1 heterocycles. The van der Waals surface area contributed by atoms with Gasteiger partial charge in [0.2, 0.25) is 0 Å². The van der Waals surface area contributed by atoms with E-state index < -0.39 is 0 Å². The van der Waals surface area contributed by atoms with Crippen molar-refractivity contribution in [3.05, 3.63) is 12.2 Å². The zero-order valence-electron chi connectivity index (χ0n) is 8.86. The lowest BCUT2D eigenvalue weighted by Gasteiger charge is -2.00. The average Bonchev–Trinajstić information content (AvgIpc) is 2.61. The van der Waals surface area contributed by atoms with Gasteiger partial charge in [0.1, 0.15) is 6.33 Å². The van der Waals surface area contributed by atoms with Gasteiger partial charge in [-0.2, -0.15) is 5.10 Å². The maximum absolute atomic E-state index is 5.24. The first-order chi connectivity index (χ1) is 6.86. The van der Waals surface area contributed by atoms with Gasteiger partial charge in [-0.3, -0.25) is 4.68 Å². The van der Waals surface area contributed by atoms with Crippen LogP contribution in [0.2, 0.25) is 0 Å². The maximum Gasteiger partial charge on any atom is 0.164 e. The van der Waals surface area contributed by atoms with Crippen LogP contribution in [0.3, 0.4) is 0 Å². The van der Waals surface area contributed by atoms with Gasteiger partial charge in [-0.15, -0.1) is 0 Å². The molecule has 0 radical (unpaired) electrons. The largest absolute Gasteiger partial charge is 0.382 e. The van der Waals surface area contributed by atoms with Gasteiger partial charge in [0, 0.05) is 19.8 Å². The maximum atomic E-state index is 5.24. The van der Waals surface area contributed by atoms with E-state index >= 15 is 0 Å². The Bertz CT molecular complexity index is 249. The fourth-order valence-corrected chi connectivity index (χ4v) is 1.15. The number of nitrogens with one attached hydrogen (secondary N) is 1. The van der Waals surface area contributed by atoms with Gasteiger partial charge in [0.25, 0.3) is 0 Å². The van der Waals surface area contributed by atoms with Crippen molar-refractivity contribution >= 4 is 0 Å². The molecular weight excluding hydrogens is 180 g/mol. The Kier molecular flexibility index (Phi) is 5.17. The highest BCUT2D eigenvalue weighted by molar-refractivity contribution is 4.79. The molecule has 0 fully saturated rings. The molecule has 0 saturated heterocycles. The molecule has 1 aromatic rings. The van der Waals surface area contributed by atoms with Gasteiger partial charge in [0.05, 0.1) is 6.54 Å². The van der Waals surface area contributed by atoms with Crippen molar-refractivity contribution in [1.82, 2.24) is 20.1 Å². The lowest BCUT2D eigenvalue weighted by molar-refractivity contribution is 0.140. The summed E-state index contributed by atoms with van der Waals surface area (Å²) in [6, 6.07) is 0. The van der Waals surface area contributed by atoms with Crippen LogP contribution in [0, 0.1) is 0 Å². The van der Waals surface area contributed by atoms with Crippen molar-refractivity contribution in [2.45, 2.75) is 26.4 Å². The van der Waals surface area contributed by atoms with Crippen LogP contribution in [0.15, 0.2) is 6.33 Å². The Morgan fingerprint density at radius 2 is 2.43 bits per heavy atom. The molecule has 0 aliphatic heterocycles. The summed E-state index contributed by atoms with van der Waals surface area (Å²) < 4.78 is 7.09. The second-order valence-electron chi connectivity index (χ2n) is 3.00. The monoisotopic (exact) mass is 198 g/mol. The fraction of sp³-hybridized carbons (Fsp3) is 0.778. The third kappa shape index (κ3) is 3.85. The van der Waals surface area contributed by atoms with E-state index in [0.29, 0.717) is 0 Å². The minimum atomic E-state index is 0.721. The van der Waals surface area contributed by atoms with Crippen LogP contribution in [0.4, 0.5) is 0 Å². The molecule has 1 N–H and O–H groups in total. The molecule has 0 bridgehead atoms. The quantitative estimate of drug-likeness (QED) is 0.645. The SMILES string of the molecule is CCOCCCn1cnc(CNC)n1. The zero-order valence-corrected chi connectivity index (χ0v) is 8.86. The molecule has 1 rings (SSSR count). The molecule has 0 saturated carbocycles. The highest BCUT2D eigenvalue weighted by Crippen LogP contribution is 1.92. The molecule has 0 unspecified atom stereocenters. The van der Waals surface area contributed by atoms with E-state index in [-0.39, 0.29) is 0 Å². The molecule has 14 heavy (non-hydrogen) atoms. The number of hydrogen-bond acceptors (Lipinski definition) is 4. The highest BCUT2D eigenvalue weighted by Gasteiger charge is 1.98. The van der Waals surface area contributed by atoms with Crippen molar-refractivity contribution in [2.24, 2.45) is 0 Å². The van der Waals surface area contributed by atoms with E-state index in [2.05, 4.69) is 15.4 Å². The molecule has 5 nitrogen and oxygen atoms in total. The topological polar surface area (TPSA) is 52.0 Å². The first kappa shape index (κ1) is 11.1. The summed E-state index contributed by atoms with van der Waals surface area (Å²) in [6.07, 6.45) is 2.74. The normalized spacial score (nSPS) is 10.7. The van der Waals surface area contributed by atoms with E-state index in [9.17, 15) is 0 Å². The summed E-state index contributed by atoms with van der Waals surface area (Å²) in [4.78, 5) is 4.15. The highest BCUT2D eigenvalue weighted by atomic mass is 16.5. The first-order valence-electron chi connectivity index (χ1n) is 4.97. The third-order valence-corrected chi connectivity index (χ3v) is 1.80. The smallest absolute Gasteiger partial charge is 0.164 e. The summed E-state index contributed by atoms with van der Waals surface area (Å²) in [6.45, 7) is 5.16. The Morgan fingerprint density at radius 3 is 3.14 bits per heavy atom. The van der Waals surface area contributed by atoms with Gasteiger partial charge in [-0.05, 0) is 20.4 Å². The van der Waals surface area contributed by atoms with Crippen molar-refractivity contribution in [3.8, 4) is 0 Å². The summed E-state index contributed by atoms with van der Waals surface area (Å²) >= 11 is 0. The molecular formula is C9H18N4O. The lowest BCUT2D eigenvalue weighted by Crippen LogP contribution is -2.08. The van der Waals surface area contributed by atoms with Crippen LogP contribution in [-0.2, 0) is 17.8 Å². The van der Waals surface area contributed by atoms with Gasteiger partial charge < -0.3 is 10.1 Å². The lowest BCUT2D eigenvalue weighted by atomic mass is 10.4. The molecule has 80 valence electrons. The molecule has 1 aromatic heterocycles. The number of rotatable bonds is 7. The van der Waals surface area contributed by atoms with Crippen LogP contribution in [0.5, 0.6) is 0 Å². The van der Waals surface area contributed by atoms with Crippen molar-refractivity contribution < 1.29 is 4.74 Å². The predicted octanol–water partition coefficient (Wildman–Crippen LogP) is 0.424. The van der Waals surface area contributed by atoms with E-state index in [1.165, 1.54) is 0 Å².